The van der Waals surface area contributed by atoms with Gasteiger partial charge in [0.15, 0.2) is 0 Å². The van der Waals surface area contributed by atoms with E-state index in [-0.39, 0.29) is 6.61 Å². The Bertz CT molecular complexity index is 304. The zero-order valence-electron chi connectivity index (χ0n) is 16.6. The van der Waals surface area contributed by atoms with Gasteiger partial charge < -0.3 is 19.3 Å². The summed E-state index contributed by atoms with van der Waals surface area (Å²) in [7, 11) is 4.88. The molecule has 0 aromatic carbocycles. The average molecular weight is 345 g/mol. The summed E-state index contributed by atoms with van der Waals surface area (Å²) in [5.41, 5.74) is -0.394. The van der Waals surface area contributed by atoms with E-state index >= 15 is 0 Å². The van der Waals surface area contributed by atoms with E-state index in [1.165, 1.54) is 32.1 Å². The minimum Gasteiger partial charge on any atom is -0.396 e. The zero-order valence-corrected chi connectivity index (χ0v) is 16.6. The molecule has 0 aliphatic heterocycles. The molecule has 0 saturated carbocycles. The monoisotopic (exact) mass is 344 g/mol. The molecule has 4 heteroatoms. The van der Waals surface area contributed by atoms with Gasteiger partial charge in [-0.3, -0.25) is 0 Å². The number of rotatable bonds is 16. The van der Waals surface area contributed by atoms with Crippen LogP contribution in [0.3, 0.4) is 0 Å². The van der Waals surface area contributed by atoms with E-state index in [4.69, 9.17) is 14.2 Å². The lowest BCUT2D eigenvalue weighted by Gasteiger charge is -2.45. The van der Waals surface area contributed by atoms with E-state index in [2.05, 4.69) is 26.0 Å². The van der Waals surface area contributed by atoms with Crippen LogP contribution in [0.5, 0.6) is 0 Å². The van der Waals surface area contributed by atoms with Gasteiger partial charge in [0.2, 0.25) is 0 Å². The van der Waals surface area contributed by atoms with Crippen LogP contribution in [0.1, 0.15) is 78.1 Å². The fraction of sp³-hybridized carbons (Fsp3) is 0.900. The Balaban J connectivity index is 5.22. The first-order valence-electron chi connectivity index (χ1n) is 9.55. The predicted octanol–water partition coefficient (Wildman–Crippen LogP) is 5.06. The van der Waals surface area contributed by atoms with Gasteiger partial charge in [-0.25, -0.2) is 0 Å². The van der Waals surface area contributed by atoms with Crippen LogP contribution in [-0.4, -0.2) is 39.0 Å². The SMILES string of the molecule is CCC=CC(CCCO)(CCCCCCCC)C(OC)(OC)OC. The third kappa shape index (κ3) is 6.83. The van der Waals surface area contributed by atoms with E-state index in [1.54, 1.807) is 21.3 Å². The van der Waals surface area contributed by atoms with Crippen LogP contribution >= 0.6 is 0 Å². The van der Waals surface area contributed by atoms with Crippen LogP contribution in [0.4, 0.5) is 0 Å². The number of ether oxygens (including phenoxy) is 3. The van der Waals surface area contributed by atoms with Crippen LogP contribution < -0.4 is 0 Å². The Morgan fingerprint density at radius 1 is 0.792 bits per heavy atom. The van der Waals surface area contributed by atoms with Gasteiger partial charge in [-0.2, -0.15) is 0 Å². The van der Waals surface area contributed by atoms with Crippen LogP contribution in [0.2, 0.25) is 0 Å². The summed E-state index contributed by atoms with van der Waals surface area (Å²) in [6.07, 6.45) is 15.1. The average Bonchev–Trinajstić information content (AvgIpc) is 2.62. The number of hydrogen-bond acceptors (Lipinski definition) is 4. The maximum absolute atomic E-state index is 9.36. The van der Waals surface area contributed by atoms with Crippen molar-refractivity contribution in [3.63, 3.8) is 0 Å². The van der Waals surface area contributed by atoms with Crippen LogP contribution in [-0.2, 0) is 14.2 Å². The number of unbranched alkanes of at least 4 members (excludes halogenated alkanes) is 5. The molecule has 24 heavy (non-hydrogen) atoms. The molecule has 0 bridgehead atoms. The van der Waals surface area contributed by atoms with Crippen molar-refractivity contribution in [1.82, 2.24) is 0 Å². The Morgan fingerprint density at radius 2 is 1.33 bits per heavy atom. The van der Waals surface area contributed by atoms with Crippen molar-refractivity contribution in [1.29, 1.82) is 0 Å². The highest BCUT2D eigenvalue weighted by Crippen LogP contribution is 2.46. The van der Waals surface area contributed by atoms with Crippen LogP contribution in [0.15, 0.2) is 12.2 Å². The van der Waals surface area contributed by atoms with Crippen molar-refractivity contribution in [2.45, 2.75) is 84.0 Å². The standard InChI is InChI=1S/C20H40O4/c1-6-8-10-11-12-13-16-19(15-9-7-2,17-14-18-21)20(22-3,23-4)24-5/h9,15,21H,6-8,10-14,16-18H2,1-5H3. The highest BCUT2D eigenvalue weighted by molar-refractivity contribution is 5.05. The molecule has 0 aromatic heterocycles. The fourth-order valence-corrected chi connectivity index (χ4v) is 3.52. The van der Waals surface area contributed by atoms with E-state index in [0.717, 1.165) is 25.7 Å². The van der Waals surface area contributed by atoms with Crippen LogP contribution in [0, 0.1) is 5.41 Å². The van der Waals surface area contributed by atoms with E-state index in [1.807, 2.05) is 0 Å². The number of aliphatic hydroxyl groups excluding tert-OH is 1. The first-order chi connectivity index (χ1) is 11.6. The Kier molecular flexibility index (Phi) is 13.6. The van der Waals surface area contributed by atoms with E-state index < -0.39 is 11.4 Å². The number of hydrogen-bond donors (Lipinski definition) is 1. The van der Waals surface area contributed by atoms with Gasteiger partial charge in [-0.15, -0.1) is 0 Å². The summed E-state index contributed by atoms with van der Waals surface area (Å²) < 4.78 is 17.1. The van der Waals surface area contributed by atoms with Gasteiger partial charge in [-0.05, 0) is 25.7 Å². The Morgan fingerprint density at radius 3 is 1.83 bits per heavy atom. The molecular weight excluding hydrogens is 304 g/mol. The third-order valence-electron chi connectivity index (χ3n) is 4.85. The first kappa shape index (κ1) is 23.6. The van der Waals surface area contributed by atoms with Crippen molar-refractivity contribution >= 4 is 0 Å². The molecule has 4 nitrogen and oxygen atoms in total. The predicted molar refractivity (Wildman–Crippen MR) is 99.9 cm³/mol. The van der Waals surface area contributed by atoms with Gasteiger partial charge >= 0.3 is 0 Å². The summed E-state index contributed by atoms with van der Waals surface area (Å²) in [6, 6.07) is 0. The van der Waals surface area contributed by atoms with Gasteiger partial charge in [0.25, 0.3) is 5.97 Å². The quantitative estimate of drug-likeness (QED) is 0.242. The van der Waals surface area contributed by atoms with Crippen molar-refractivity contribution in [3.8, 4) is 0 Å². The molecule has 1 unspecified atom stereocenters. The summed E-state index contributed by atoms with van der Waals surface area (Å²) in [5, 5.41) is 9.36. The summed E-state index contributed by atoms with van der Waals surface area (Å²) >= 11 is 0. The maximum atomic E-state index is 9.36. The fourth-order valence-electron chi connectivity index (χ4n) is 3.52. The molecule has 0 heterocycles. The smallest absolute Gasteiger partial charge is 0.291 e. The normalized spacial score (nSPS) is 15.1. The van der Waals surface area contributed by atoms with E-state index in [0.29, 0.717) is 6.42 Å². The topological polar surface area (TPSA) is 47.9 Å². The second-order valence-electron chi connectivity index (χ2n) is 6.48. The minimum absolute atomic E-state index is 0.158. The second kappa shape index (κ2) is 13.8. The molecule has 0 aromatic rings. The molecule has 0 aliphatic carbocycles. The highest BCUT2D eigenvalue weighted by Gasteiger charge is 2.51. The zero-order chi connectivity index (χ0) is 18.3. The molecule has 144 valence electrons. The molecule has 0 spiro atoms. The third-order valence-corrected chi connectivity index (χ3v) is 4.85. The minimum atomic E-state index is -1.11. The van der Waals surface area contributed by atoms with Gasteiger partial charge in [0.05, 0.1) is 5.41 Å². The van der Waals surface area contributed by atoms with Crippen molar-refractivity contribution in [2.24, 2.45) is 5.41 Å². The molecule has 1 atom stereocenters. The Hall–Kier alpha value is -0.420. The highest BCUT2D eigenvalue weighted by atomic mass is 16.9. The van der Waals surface area contributed by atoms with Crippen molar-refractivity contribution in [2.75, 3.05) is 27.9 Å². The number of allylic oxidation sites excluding steroid dienone is 1. The summed E-state index contributed by atoms with van der Waals surface area (Å²) in [6.45, 7) is 4.51. The van der Waals surface area contributed by atoms with Gasteiger partial charge in [0, 0.05) is 27.9 Å². The molecule has 0 amide bonds. The molecule has 0 rings (SSSR count). The maximum Gasteiger partial charge on any atom is 0.291 e. The van der Waals surface area contributed by atoms with Gasteiger partial charge in [0.1, 0.15) is 0 Å². The van der Waals surface area contributed by atoms with Crippen molar-refractivity contribution in [3.05, 3.63) is 12.2 Å². The largest absolute Gasteiger partial charge is 0.396 e. The first-order valence-corrected chi connectivity index (χ1v) is 9.55. The molecule has 0 saturated heterocycles. The summed E-state index contributed by atoms with van der Waals surface area (Å²) in [5.74, 6) is -1.11. The lowest BCUT2D eigenvalue weighted by molar-refractivity contribution is -0.399. The second-order valence-corrected chi connectivity index (χ2v) is 6.48. The van der Waals surface area contributed by atoms with E-state index in [9.17, 15) is 5.11 Å². The van der Waals surface area contributed by atoms with Gasteiger partial charge in [-0.1, -0.05) is 64.5 Å². The molecule has 1 N–H and O–H groups in total. The lowest BCUT2D eigenvalue weighted by atomic mass is 9.75. The molecule has 0 aliphatic rings. The Labute approximate surface area is 149 Å². The molecule has 0 radical (unpaired) electrons. The summed E-state index contributed by atoms with van der Waals surface area (Å²) in [4.78, 5) is 0. The van der Waals surface area contributed by atoms with Crippen molar-refractivity contribution < 1.29 is 19.3 Å². The number of aliphatic hydroxyl groups is 1. The van der Waals surface area contributed by atoms with Crippen LogP contribution in [0.25, 0.3) is 0 Å². The molecular formula is C20H40O4. The lowest BCUT2D eigenvalue weighted by Crippen LogP contribution is -2.52. The number of methoxy groups -OCH3 is 3. The molecule has 0 fully saturated rings.